The van der Waals surface area contributed by atoms with Gasteiger partial charge in [0.25, 0.3) is 5.91 Å². The molecule has 19 heavy (non-hydrogen) atoms. The van der Waals surface area contributed by atoms with Gasteiger partial charge in [0.05, 0.1) is 11.3 Å². The Morgan fingerprint density at radius 3 is 2.63 bits per heavy atom. The van der Waals surface area contributed by atoms with E-state index in [-0.39, 0.29) is 11.3 Å². The summed E-state index contributed by atoms with van der Waals surface area (Å²) in [6.07, 6.45) is 2.67. The van der Waals surface area contributed by atoms with Crippen molar-refractivity contribution < 1.29 is 4.79 Å². The van der Waals surface area contributed by atoms with Crippen LogP contribution in [0.1, 0.15) is 50.2 Å². The first-order chi connectivity index (χ1) is 8.89. The van der Waals surface area contributed by atoms with Gasteiger partial charge in [-0.15, -0.1) is 0 Å². The van der Waals surface area contributed by atoms with E-state index in [1.165, 1.54) is 0 Å². The van der Waals surface area contributed by atoms with Gasteiger partial charge >= 0.3 is 0 Å². The number of pyridine rings is 1. The minimum Gasteiger partial charge on any atom is -0.385 e. The third kappa shape index (κ3) is 4.54. The number of aromatic nitrogens is 1. The molecule has 0 aliphatic heterocycles. The lowest BCUT2D eigenvalue weighted by atomic mass is 9.90. The second kappa shape index (κ2) is 6.55. The molecule has 1 rings (SSSR count). The van der Waals surface area contributed by atoms with Crippen LogP contribution in [0.15, 0.2) is 12.3 Å². The number of nitrogens with zero attached hydrogens (tertiary/aromatic N) is 1. The minimum atomic E-state index is -0.0648. The van der Waals surface area contributed by atoms with Crippen LogP contribution in [0.3, 0.4) is 0 Å². The first-order valence-electron chi connectivity index (χ1n) is 6.88. The molecule has 4 heteroatoms. The lowest BCUT2D eigenvalue weighted by Crippen LogP contribution is -2.34. The van der Waals surface area contributed by atoms with Crippen molar-refractivity contribution in [1.82, 2.24) is 10.3 Å². The summed E-state index contributed by atoms with van der Waals surface area (Å²) in [6.45, 7) is 11.8. The molecule has 0 radical (unpaired) electrons. The number of anilines is 1. The molecule has 1 aromatic heterocycles. The fourth-order valence-corrected chi connectivity index (χ4v) is 1.62. The van der Waals surface area contributed by atoms with Crippen LogP contribution in [0.25, 0.3) is 0 Å². The monoisotopic (exact) mass is 263 g/mol. The smallest absolute Gasteiger partial charge is 0.254 e. The summed E-state index contributed by atoms with van der Waals surface area (Å²) in [6, 6.07) is 1.91. The average Bonchev–Trinajstić information content (AvgIpc) is 2.37. The fraction of sp³-hybridized carbons (Fsp3) is 0.600. The van der Waals surface area contributed by atoms with E-state index in [0.717, 1.165) is 24.3 Å². The highest BCUT2D eigenvalue weighted by Crippen LogP contribution is 2.19. The highest BCUT2D eigenvalue weighted by atomic mass is 16.1. The van der Waals surface area contributed by atoms with Crippen molar-refractivity contribution in [2.24, 2.45) is 5.41 Å². The molecule has 0 unspecified atom stereocenters. The average molecular weight is 263 g/mol. The molecule has 0 spiro atoms. The zero-order valence-electron chi connectivity index (χ0n) is 12.6. The maximum absolute atomic E-state index is 12.2. The van der Waals surface area contributed by atoms with E-state index in [9.17, 15) is 4.79 Å². The normalized spacial score (nSPS) is 11.2. The standard InChI is InChI=1S/C15H25N3O/c1-6-15(4,5)10-18-14(19)12-9-17-11(3)8-13(12)16-7-2/h8-9H,6-7,10H2,1-5H3,(H,16,17)(H,18,19). The zero-order chi connectivity index (χ0) is 14.5. The molecule has 2 N–H and O–H groups in total. The molecule has 0 atom stereocenters. The van der Waals surface area contributed by atoms with Gasteiger partial charge in [0.15, 0.2) is 0 Å². The quantitative estimate of drug-likeness (QED) is 0.829. The van der Waals surface area contributed by atoms with Crippen molar-refractivity contribution in [3.05, 3.63) is 23.5 Å². The zero-order valence-corrected chi connectivity index (χ0v) is 12.6. The Morgan fingerprint density at radius 1 is 1.37 bits per heavy atom. The predicted octanol–water partition coefficient (Wildman–Crippen LogP) is 2.99. The summed E-state index contributed by atoms with van der Waals surface area (Å²) >= 11 is 0. The van der Waals surface area contributed by atoms with Crippen LogP contribution in [0.5, 0.6) is 0 Å². The number of nitrogens with one attached hydrogen (secondary N) is 2. The summed E-state index contributed by atoms with van der Waals surface area (Å²) in [5, 5.41) is 6.20. The van der Waals surface area contributed by atoms with Crippen LogP contribution in [0, 0.1) is 12.3 Å². The van der Waals surface area contributed by atoms with Gasteiger partial charge in [0.2, 0.25) is 0 Å². The lowest BCUT2D eigenvalue weighted by molar-refractivity contribution is 0.0936. The van der Waals surface area contributed by atoms with Crippen LogP contribution >= 0.6 is 0 Å². The second-order valence-electron chi connectivity index (χ2n) is 5.60. The van der Waals surface area contributed by atoms with E-state index in [0.29, 0.717) is 12.1 Å². The largest absolute Gasteiger partial charge is 0.385 e. The third-order valence-electron chi connectivity index (χ3n) is 3.34. The molecule has 1 aromatic rings. The molecule has 0 aromatic carbocycles. The summed E-state index contributed by atoms with van der Waals surface area (Å²) < 4.78 is 0. The molecule has 0 saturated heterocycles. The Morgan fingerprint density at radius 2 is 2.05 bits per heavy atom. The molecule has 0 saturated carbocycles. The number of aryl methyl sites for hydroxylation is 1. The van der Waals surface area contributed by atoms with Gasteiger partial charge in [-0.2, -0.15) is 0 Å². The van der Waals surface area contributed by atoms with Crippen molar-refractivity contribution >= 4 is 11.6 Å². The predicted molar refractivity (Wildman–Crippen MR) is 79.5 cm³/mol. The van der Waals surface area contributed by atoms with E-state index in [1.807, 2.05) is 19.9 Å². The summed E-state index contributed by atoms with van der Waals surface area (Å²) in [4.78, 5) is 16.4. The topological polar surface area (TPSA) is 54.0 Å². The van der Waals surface area contributed by atoms with Crippen LogP contribution in [-0.4, -0.2) is 24.0 Å². The Bertz CT molecular complexity index is 441. The van der Waals surface area contributed by atoms with Crippen molar-refractivity contribution in [1.29, 1.82) is 0 Å². The van der Waals surface area contributed by atoms with Gasteiger partial charge in [0.1, 0.15) is 0 Å². The number of hydrogen-bond acceptors (Lipinski definition) is 3. The molecular formula is C15H25N3O. The van der Waals surface area contributed by atoms with Gasteiger partial charge < -0.3 is 10.6 Å². The Balaban J connectivity index is 2.81. The van der Waals surface area contributed by atoms with Crippen molar-refractivity contribution in [2.45, 2.75) is 41.0 Å². The number of carbonyl (C=O) groups excluding carboxylic acids is 1. The van der Waals surface area contributed by atoms with Crippen LogP contribution in [0.4, 0.5) is 5.69 Å². The molecule has 4 nitrogen and oxygen atoms in total. The molecule has 0 bridgehead atoms. The van der Waals surface area contributed by atoms with E-state index in [1.54, 1.807) is 6.20 Å². The first-order valence-corrected chi connectivity index (χ1v) is 6.88. The van der Waals surface area contributed by atoms with E-state index in [2.05, 4.69) is 36.4 Å². The van der Waals surface area contributed by atoms with Crippen molar-refractivity contribution in [3.63, 3.8) is 0 Å². The highest BCUT2D eigenvalue weighted by Gasteiger charge is 2.18. The molecule has 106 valence electrons. The number of hydrogen-bond donors (Lipinski definition) is 2. The molecule has 1 amide bonds. The molecule has 0 fully saturated rings. The third-order valence-corrected chi connectivity index (χ3v) is 3.34. The summed E-state index contributed by atoms with van der Waals surface area (Å²) in [5.41, 5.74) is 2.48. The second-order valence-corrected chi connectivity index (χ2v) is 5.60. The SMILES string of the molecule is CCNc1cc(C)ncc1C(=O)NCC(C)(C)CC. The number of rotatable bonds is 6. The maximum Gasteiger partial charge on any atom is 0.254 e. The van der Waals surface area contributed by atoms with Crippen molar-refractivity contribution in [3.8, 4) is 0 Å². The van der Waals surface area contributed by atoms with Gasteiger partial charge in [-0.05, 0) is 31.7 Å². The van der Waals surface area contributed by atoms with Gasteiger partial charge in [-0.25, -0.2) is 0 Å². The van der Waals surface area contributed by atoms with Gasteiger partial charge in [0, 0.05) is 25.0 Å². The van der Waals surface area contributed by atoms with Crippen molar-refractivity contribution in [2.75, 3.05) is 18.4 Å². The summed E-state index contributed by atoms with van der Waals surface area (Å²) in [7, 11) is 0. The molecule has 1 heterocycles. The Kier molecular flexibility index (Phi) is 5.33. The molecule has 0 aliphatic carbocycles. The van der Waals surface area contributed by atoms with Gasteiger partial charge in [-0.3, -0.25) is 9.78 Å². The number of carbonyl (C=O) groups is 1. The van der Waals surface area contributed by atoms with Crippen LogP contribution < -0.4 is 10.6 Å². The fourth-order valence-electron chi connectivity index (χ4n) is 1.62. The molecule has 0 aliphatic rings. The maximum atomic E-state index is 12.2. The Hall–Kier alpha value is -1.58. The molecular weight excluding hydrogens is 238 g/mol. The highest BCUT2D eigenvalue weighted by molar-refractivity contribution is 5.99. The van der Waals surface area contributed by atoms with Crippen LogP contribution in [0.2, 0.25) is 0 Å². The number of amides is 1. The summed E-state index contributed by atoms with van der Waals surface area (Å²) in [5.74, 6) is -0.0648. The Labute approximate surface area is 116 Å². The lowest BCUT2D eigenvalue weighted by Gasteiger charge is -2.23. The van der Waals surface area contributed by atoms with E-state index >= 15 is 0 Å². The van der Waals surface area contributed by atoms with Crippen LogP contribution in [-0.2, 0) is 0 Å². The van der Waals surface area contributed by atoms with E-state index in [4.69, 9.17) is 0 Å². The first kappa shape index (κ1) is 15.5. The van der Waals surface area contributed by atoms with Gasteiger partial charge in [-0.1, -0.05) is 20.8 Å². The van der Waals surface area contributed by atoms with E-state index < -0.39 is 0 Å². The minimum absolute atomic E-state index is 0.0648.